The van der Waals surface area contributed by atoms with Crippen molar-refractivity contribution in [3.05, 3.63) is 30.0 Å². The Kier molecular flexibility index (Phi) is 3.41. The quantitative estimate of drug-likeness (QED) is 0.481. The average Bonchev–Trinajstić information content (AvgIpc) is 2.71. The summed E-state index contributed by atoms with van der Waals surface area (Å²) in [6.45, 7) is 0. The summed E-state index contributed by atoms with van der Waals surface area (Å²) in [7, 11) is 1.75. The molecule has 3 rings (SSSR count). The topological polar surface area (TPSA) is 69.0 Å². The highest BCUT2D eigenvalue weighted by Gasteiger charge is 2.37. The van der Waals surface area contributed by atoms with Gasteiger partial charge in [-0.15, -0.1) is 0 Å². The molecular formula is C16H16N2O3. The van der Waals surface area contributed by atoms with Crippen molar-refractivity contribution < 1.29 is 14.4 Å². The van der Waals surface area contributed by atoms with Crippen LogP contribution in [0.4, 0.5) is 0 Å². The van der Waals surface area contributed by atoms with Crippen LogP contribution in [0.1, 0.15) is 36.2 Å². The Morgan fingerprint density at radius 2 is 1.76 bits per heavy atom. The predicted molar refractivity (Wildman–Crippen MR) is 77.0 cm³/mol. The van der Waals surface area contributed by atoms with E-state index < -0.39 is 11.7 Å². The first-order chi connectivity index (χ1) is 10.1. The van der Waals surface area contributed by atoms with Crippen LogP contribution in [-0.2, 0) is 16.6 Å². The summed E-state index contributed by atoms with van der Waals surface area (Å²) in [4.78, 5) is 36.9. The monoisotopic (exact) mass is 284 g/mol. The van der Waals surface area contributed by atoms with Gasteiger partial charge in [0.2, 0.25) is 5.78 Å². The van der Waals surface area contributed by atoms with Crippen molar-refractivity contribution >= 4 is 28.3 Å². The van der Waals surface area contributed by atoms with Crippen LogP contribution >= 0.6 is 0 Å². The van der Waals surface area contributed by atoms with E-state index in [0.29, 0.717) is 31.1 Å². The van der Waals surface area contributed by atoms with E-state index in [1.165, 1.54) is 0 Å². The molecule has 0 N–H and O–H groups in total. The fourth-order valence-electron chi connectivity index (χ4n) is 2.89. The normalized spacial score (nSPS) is 17.2. The van der Waals surface area contributed by atoms with Gasteiger partial charge in [-0.2, -0.15) is 5.10 Å². The molecule has 5 heteroatoms. The molecule has 1 aromatic heterocycles. The number of aromatic nitrogens is 2. The molecule has 1 saturated carbocycles. The number of hydrogen-bond acceptors (Lipinski definition) is 4. The zero-order valence-electron chi connectivity index (χ0n) is 11.8. The molecule has 21 heavy (non-hydrogen) atoms. The van der Waals surface area contributed by atoms with E-state index in [1.807, 2.05) is 18.2 Å². The lowest BCUT2D eigenvalue weighted by Gasteiger charge is -2.09. The summed E-state index contributed by atoms with van der Waals surface area (Å²) in [6.07, 6.45) is 1.95. The van der Waals surface area contributed by atoms with Crippen LogP contribution in [0.3, 0.4) is 0 Å². The number of rotatable bonds is 2. The molecule has 0 atom stereocenters. The fourth-order valence-corrected chi connectivity index (χ4v) is 2.89. The largest absolute Gasteiger partial charge is 0.298 e. The van der Waals surface area contributed by atoms with E-state index in [-0.39, 0.29) is 17.3 Å². The zero-order chi connectivity index (χ0) is 15.0. The van der Waals surface area contributed by atoms with Crippen LogP contribution in [0.15, 0.2) is 24.3 Å². The molecule has 0 bridgehead atoms. The van der Waals surface area contributed by atoms with Crippen LogP contribution in [-0.4, -0.2) is 27.1 Å². The predicted octanol–water partition coefficient (Wildman–Crippen LogP) is 2.08. The highest BCUT2D eigenvalue weighted by Crippen LogP contribution is 2.25. The van der Waals surface area contributed by atoms with Gasteiger partial charge < -0.3 is 0 Å². The molecular weight excluding hydrogens is 268 g/mol. The van der Waals surface area contributed by atoms with Crippen LogP contribution in [0.2, 0.25) is 0 Å². The minimum absolute atomic E-state index is 0.224. The van der Waals surface area contributed by atoms with Crippen molar-refractivity contribution in [1.29, 1.82) is 0 Å². The number of ketones is 3. The molecule has 0 saturated heterocycles. The van der Waals surface area contributed by atoms with Gasteiger partial charge in [-0.3, -0.25) is 19.1 Å². The fraction of sp³-hybridized carbons (Fsp3) is 0.375. The Bertz CT molecular complexity index is 727. The maximum absolute atomic E-state index is 12.7. The summed E-state index contributed by atoms with van der Waals surface area (Å²) in [5.74, 6) is -2.15. The molecule has 1 aliphatic carbocycles. The summed E-state index contributed by atoms with van der Waals surface area (Å²) < 4.78 is 1.61. The van der Waals surface area contributed by atoms with Gasteiger partial charge in [0.15, 0.2) is 11.6 Å². The first kappa shape index (κ1) is 13.7. The molecule has 5 nitrogen and oxygen atoms in total. The van der Waals surface area contributed by atoms with Crippen LogP contribution in [0.25, 0.3) is 10.9 Å². The van der Waals surface area contributed by atoms with Crippen molar-refractivity contribution in [2.45, 2.75) is 25.7 Å². The van der Waals surface area contributed by atoms with Crippen LogP contribution in [0, 0.1) is 5.92 Å². The minimum atomic E-state index is -1.16. The Morgan fingerprint density at radius 3 is 2.43 bits per heavy atom. The number of carbonyl (C=O) groups is 3. The van der Waals surface area contributed by atoms with Gasteiger partial charge in [0.1, 0.15) is 11.6 Å². The van der Waals surface area contributed by atoms with Crippen molar-refractivity contribution in [2.75, 3.05) is 0 Å². The molecule has 2 aromatic rings. The summed E-state index contributed by atoms with van der Waals surface area (Å²) in [5, 5.41) is 4.92. The third kappa shape index (κ3) is 2.28. The van der Waals surface area contributed by atoms with Gasteiger partial charge in [0.25, 0.3) is 0 Å². The van der Waals surface area contributed by atoms with Gasteiger partial charge in [-0.25, -0.2) is 0 Å². The molecule has 1 heterocycles. The molecule has 1 aromatic carbocycles. The number of Topliss-reactive ketones (excluding diaryl/α,β-unsaturated/α-hetero) is 3. The third-order valence-electron chi connectivity index (χ3n) is 3.99. The number of hydrogen-bond donors (Lipinski definition) is 0. The van der Waals surface area contributed by atoms with Gasteiger partial charge in [0.05, 0.1) is 5.52 Å². The second-order valence-electron chi connectivity index (χ2n) is 5.43. The standard InChI is InChI=1S/C16H16N2O3/c1-18-11-7-3-2-6-10(11)15(17-18)16(21)14-12(19)8-4-5-9-13(14)20/h2-3,6-7,14H,4-5,8-9H2,1H3. The van der Waals surface area contributed by atoms with E-state index in [4.69, 9.17) is 0 Å². The second-order valence-corrected chi connectivity index (χ2v) is 5.43. The number of aryl methyl sites for hydroxylation is 1. The summed E-state index contributed by atoms with van der Waals surface area (Å²) in [6, 6.07) is 7.33. The van der Waals surface area contributed by atoms with E-state index >= 15 is 0 Å². The van der Waals surface area contributed by atoms with Crippen molar-refractivity contribution in [2.24, 2.45) is 13.0 Å². The number of carbonyl (C=O) groups excluding carboxylic acids is 3. The third-order valence-corrected chi connectivity index (χ3v) is 3.99. The summed E-state index contributed by atoms with van der Waals surface area (Å²) in [5.41, 5.74) is 1.04. The van der Waals surface area contributed by atoms with Gasteiger partial charge >= 0.3 is 0 Å². The van der Waals surface area contributed by atoms with Crippen molar-refractivity contribution in [3.8, 4) is 0 Å². The molecule has 0 amide bonds. The van der Waals surface area contributed by atoms with Crippen LogP contribution < -0.4 is 0 Å². The number of nitrogens with zero attached hydrogens (tertiary/aromatic N) is 2. The number of fused-ring (bicyclic) bond motifs is 1. The van der Waals surface area contributed by atoms with E-state index in [0.717, 1.165) is 5.52 Å². The summed E-state index contributed by atoms with van der Waals surface area (Å²) >= 11 is 0. The lowest BCUT2D eigenvalue weighted by molar-refractivity contribution is -0.129. The zero-order valence-corrected chi connectivity index (χ0v) is 11.8. The minimum Gasteiger partial charge on any atom is -0.298 e. The molecule has 1 fully saturated rings. The van der Waals surface area contributed by atoms with Crippen molar-refractivity contribution in [1.82, 2.24) is 9.78 Å². The Hall–Kier alpha value is -2.30. The lowest BCUT2D eigenvalue weighted by atomic mass is 9.90. The Morgan fingerprint density at radius 1 is 1.14 bits per heavy atom. The highest BCUT2D eigenvalue weighted by atomic mass is 16.2. The van der Waals surface area contributed by atoms with Gasteiger partial charge in [-0.05, 0) is 18.9 Å². The lowest BCUT2D eigenvalue weighted by Crippen LogP contribution is -2.31. The second kappa shape index (κ2) is 5.24. The Labute approximate surface area is 121 Å². The number of benzene rings is 1. The van der Waals surface area contributed by atoms with E-state index in [1.54, 1.807) is 17.8 Å². The van der Waals surface area contributed by atoms with Crippen molar-refractivity contribution in [3.63, 3.8) is 0 Å². The van der Waals surface area contributed by atoms with E-state index in [2.05, 4.69) is 5.10 Å². The maximum atomic E-state index is 12.7. The van der Waals surface area contributed by atoms with Gasteiger partial charge in [0, 0.05) is 25.3 Å². The smallest absolute Gasteiger partial charge is 0.201 e. The first-order valence-corrected chi connectivity index (χ1v) is 7.11. The molecule has 108 valence electrons. The number of para-hydroxylation sites is 1. The molecule has 0 spiro atoms. The maximum Gasteiger partial charge on any atom is 0.201 e. The average molecular weight is 284 g/mol. The molecule has 0 aliphatic heterocycles. The van der Waals surface area contributed by atoms with Crippen LogP contribution in [0.5, 0.6) is 0 Å². The molecule has 0 radical (unpaired) electrons. The molecule has 0 unspecified atom stereocenters. The van der Waals surface area contributed by atoms with Gasteiger partial charge in [-0.1, -0.05) is 18.2 Å². The first-order valence-electron chi connectivity index (χ1n) is 7.11. The highest BCUT2D eigenvalue weighted by molar-refractivity contribution is 6.26. The Balaban J connectivity index is 2.07. The van der Waals surface area contributed by atoms with E-state index in [9.17, 15) is 14.4 Å². The molecule has 1 aliphatic rings. The SMILES string of the molecule is Cn1nc(C(=O)C2C(=O)CCCCC2=O)c2ccccc21.